The van der Waals surface area contributed by atoms with Gasteiger partial charge in [0.2, 0.25) is 0 Å². The largest absolute Gasteiger partial charge is 0.371 e. The van der Waals surface area contributed by atoms with Crippen molar-refractivity contribution in [2.24, 2.45) is 17.3 Å². The number of allylic oxidation sites excluding steroid dienone is 2. The molecule has 0 aromatic heterocycles. The van der Waals surface area contributed by atoms with E-state index in [1.807, 2.05) is 0 Å². The average molecular weight is 410 g/mol. The molecule has 30 heavy (non-hydrogen) atoms. The maximum Gasteiger partial charge on any atom is 0.144 e. The van der Waals surface area contributed by atoms with Crippen LogP contribution in [0.4, 0.5) is 0 Å². The maximum atomic E-state index is 12.0. The number of rotatable bonds is 10. The molecule has 0 spiro atoms. The van der Waals surface area contributed by atoms with Crippen LogP contribution in [0.15, 0.2) is 42.5 Å². The third kappa shape index (κ3) is 5.02. The molecule has 4 rings (SSSR count). The standard InChI is InChI=1S/C28H43NO/c1-2-3-6-11-24(22-27-17-14-25(23-27)15-18-27)16-19-28(30,26-12-7-4-8-13-26)29-20-9-5-10-21-29/h2-4,7-8,12-13,24-25,30H,5-6,9-11,14-23H2,1H3. The summed E-state index contributed by atoms with van der Waals surface area (Å²) in [6, 6.07) is 10.5. The van der Waals surface area contributed by atoms with Crippen molar-refractivity contribution in [1.29, 1.82) is 0 Å². The van der Waals surface area contributed by atoms with Gasteiger partial charge in [-0.05, 0) is 107 Å². The minimum absolute atomic E-state index is 0.640. The lowest BCUT2D eigenvalue weighted by Gasteiger charge is -2.43. The second-order valence-corrected chi connectivity index (χ2v) is 10.6. The molecule has 1 aromatic rings. The van der Waals surface area contributed by atoms with Gasteiger partial charge >= 0.3 is 0 Å². The molecular formula is C28H43NO. The van der Waals surface area contributed by atoms with Crippen molar-refractivity contribution in [3.63, 3.8) is 0 Å². The monoisotopic (exact) mass is 409 g/mol. The SMILES string of the molecule is CC=CCCC(CCC(O)(c1ccccc1)N1CCCCC1)CC12CCC(CC1)C2. The van der Waals surface area contributed by atoms with E-state index in [0.717, 1.165) is 43.3 Å². The first-order valence-corrected chi connectivity index (χ1v) is 12.8. The van der Waals surface area contributed by atoms with Crippen LogP contribution < -0.4 is 0 Å². The summed E-state index contributed by atoms with van der Waals surface area (Å²) in [4.78, 5) is 2.38. The minimum Gasteiger partial charge on any atom is -0.371 e. The van der Waals surface area contributed by atoms with E-state index in [1.54, 1.807) is 0 Å². The van der Waals surface area contributed by atoms with Crippen LogP contribution in [0.1, 0.15) is 96.0 Å². The average Bonchev–Trinajstić information content (AvgIpc) is 3.39. The van der Waals surface area contributed by atoms with E-state index in [9.17, 15) is 5.11 Å². The molecule has 1 aliphatic heterocycles. The van der Waals surface area contributed by atoms with Gasteiger partial charge in [-0.1, -0.05) is 48.9 Å². The fourth-order valence-electron chi connectivity index (χ4n) is 6.92. The van der Waals surface area contributed by atoms with E-state index < -0.39 is 5.72 Å². The summed E-state index contributed by atoms with van der Waals surface area (Å²) < 4.78 is 0. The Bertz CT molecular complexity index is 669. The molecule has 1 aromatic carbocycles. The van der Waals surface area contributed by atoms with Gasteiger partial charge in [-0.25, -0.2) is 0 Å². The van der Waals surface area contributed by atoms with Gasteiger partial charge in [-0.3, -0.25) is 4.90 Å². The maximum absolute atomic E-state index is 12.0. The van der Waals surface area contributed by atoms with Crippen LogP contribution in [0.2, 0.25) is 0 Å². The van der Waals surface area contributed by atoms with Crippen LogP contribution in [0, 0.1) is 17.3 Å². The molecule has 3 aliphatic rings. The van der Waals surface area contributed by atoms with Crippen LogP contribution in [0.3, 0.4) is 0 Å². The van der Waals surface area contributed by atoms with Gasteiger partial charge in [0.05, 0.1) is 0 Å². The lowest BCUT2D eigenvalue weighted by atomic mass is 9.73. The van der Waals surface area contributed by atoms with Gasteiger partial charge in [0.25, 0.3) is 0 Å². The Morgan fingerprint density at radius 3 is 2.47 bits per heavy atom. The van der Waals surface area contributed by atoms with Gasteiger partial charge < -0.3 is 5.11 Å². The first kappa shape index (κ1) is 22.1. The Balaban J connectivity index is 1.48. The van der Waals surface area contributed by atoms with Gasteiger partial charge in [-0.15, -0.1) is 0 Å². The molecular weight excluding hydrogens is 366 g/mol. The highest BCUT2D eigenvalue weighted by atomic mass is 16.3. The van der Waals surface area contributed by atoms with Gasteiger partial charge in [0.15, 0.2) is 0 Å². The molecule has 2 saturated carbocycles. The summed E-state index contributed by atoms with van der Waals surface area (Å²) in [6.45, 7) is 4.19. The van der Waals surface area contributed by atoms with Crippen molar-refractivity contribution in [2.75, 3.05) is 13.1 Å². The molecule has 0 amide bonds. The molecule has 1 N–H and O–H groups in total. The summed E-state index contributed by atoms with van der Waals surface area (Å²) in [5.41, 5.74) is 0.937. The molecule has 3 fully saturated rings. The van der Waals surface area contributed by atoms with E-state index in [1.165, 1.54) is 70.6 Å². The summed E-state index contributed by atoms with van der Waals surface area (Å²) in [6.07, 6.45) is 21.5. The minimum atomic E-state index is -0.800. The summed E-state index contributed by atoms with van der Waals surface area (Å²) >= 11 is 0. The molecule has 1 saturated heterocycles. The lowest BCUT2D eigenvalue weighted by molar-refractivity contribution is -0.133. The third-order valence-corrected chi connectivity index (χ3v) is 8.60. The molecule has 166 valence electrons. The molecule has 2 atom stereocenters. The second-order valence-electron chi connectivity index (χ2n) is 10.6. The first-order valence-electron chi connectivity index (χ1n) is 12.8. The van der Waals surface area contributed by atoms with Crippen molar-refractivity contribution in [3.05, 3.63) is 48.0 Å². The van der Waals surface area contributed by atoms with Crippen LogP contribution in [0.25, 0.3) is 0 Å². The number of aliphatic hydroxyl groups is 1. The van der Waals surface area contributed by atoms with Gasteiger partial charge in [-0.2, -0.15) is 0 Å². The zero-order valence-corrected chi connectivity index (χ0v) is 19.2. The summed E-state index contributed by atoms with van der Waals surface area (Å²) in [5.74, 6) is 1.76. The van der Waals surface area contributed by atoms with E-state index >= 15 is 0 Å². The fourth-order valence-corrected chi connectivity index (χ4v) is 6.92. The van der Waals surface area contributed by atoms with Crippen molar-refractivity contribution in [3.8, 4) is 0 Å². The van der Waals surface area contributed by atoms with Crippen LogP contribution in [-0.2, 0) is 5.72 Å². The fraction of sp³-hybridized carbons (Fsp3) is 0.714. The second kappa shape index (κ2) is 10.0. The smallest absolute Gasteiger partial charge is 0.144 e. The van der Waals surface area contributed by atoms with Gasteiger partial charge in [0, 0.05) is 13.1 Å². The number of hydrogen-bond donors (Lipinski definition) is 1. The Morgan fingerprint density at radius 2 is 1.83 bits per heavy atom. The highest BCUT2D eigenvalue weighted by Gasteiger charge is 2.46. The van der Waals surface area contributed by atoms with Crippen molar-refractivity contribution < 1.29 is 5.11 Å². The molecule has 2 heteroatoms. The topological polar surface area (TPSA) is 23.5 Å². The summed E-state index contributed by atoms with van der Waals surface area (Å²) in [7, 11) is 0. The number of hydrogen-bond acceptors (Lipinski definition) is 2. The third-order valence-electron chi connectivity index (χ3n) is 8.60. The first-order chi connectivity index (χ1) is 14.6. The molecule has 1 heterocycles. The quantitative estimate of drug-likeness (QED) is 0.419. The van der Waals surface area contributed by atoms with Gasteiger partial charge in [0.1, 0.15) is 5.72 Å². The molecule has 2 aliphatic carbocycles. The van der Waals surface area contributed by atoms with E-state index in [4.69, 9.17) is 0 Å². The summed E-state index contributed by atoms with van der Waals surface area (Å²) in [5, 5.41) is 12.0. The Labute approximate surface area is 184 Å². The molecule has 2 bridgehead atoms. The molecule has 2 unspecified atom stereocenters. The number of piperidine rings is 1. The number of likely N-dealkylation sites (tertiary alicyclic amines) is 1. The molecule has 0 radical (unpaired) electrons. The van der Waals surface area contributed by atoms with Crippen LogP contribution in [-0.4, -0.2) is 23.1 Å². The van der Waals surface area contributed by atoms with E-state index in [-0.39, 0.29) is 0 Å². The Hall–Kier alpha value is -1.12. The Morgan fingerprint density at radius 1 is 1.10 bits per heavy atom. The predicted molar refractivity (Wildman–Crippen MR) is 126 cm³/mol. The van der Waals surface area contributed by atoms with E-state index in [0.29, 0.717) is 5.41 Å². The zero-order valence-electron chi connectivity index (χ0n) is 19.2. The Kier molecular flexibility index (Phi) is 7.36. The predicted octanol–water partition coefficient (Wildman–Crippen LogP) is 7.04. The van der Waals surface area contributed by atoms with Crippen LogP contribution >= 0.6 is 0 Å². The molecule has 2 nitrogen and oxygen atoms in total. The number of fused-ring (bicyclic) bond motifs is 2. The normalized spacial score (nSPS) is 30.0. The number of benzene rings is 1. The number of nitrogens with zero attached hydrogens (tertiary/aromatic N) is 1. The highest BCUT2D eigenvalue weighted by Crippen LogP contribution is 2.58. The highest BCUT2D eigenvalue weighted by molar-refractivity contribution is 5.22. The van der Waals surface area contributed by atoms with Crippen molar-refractivity contribution >= 4 is 0 Å². The van der Waals surface area contributed by atoms with Crippen molar-refractivity contribution in [2.45, 2.75) is 96.1 Å². The zero-order chi connectivity index (χ0) is 20.9. The van der Waals surface area contributed by atoms with E-state index in [2.05, 4.69) is 54.3 Å². The lowest BCUT2D eigenvalue weighted by Crippen LogP contribution is -2.49. The van der Waals surface area contributed by atoms with Crippen molar-refractivity contribution in [1.82, 2.24) is 4.90 Å². The van der Waals surface area contributed by atoms with Crippen LogP contribution in [0.5, 0.6) is 0 Å².